The average Bonchev–Trinajstić information content (AvgIpc) is 1.67. The molecule has 0 aromatic heterocycles. The Morgan fingerprint density at radius 1 is 1.75 bits per heavy atom. The minimum absolute atomic E-state index is 0.0703. The molecule has 0 heterocycles. The van der Waals surface area contributed by atoms with Crippen LogP contribution < -0.4 is 5.73 Å². The monoisotopic (exact) mass is 119 g/mol. The summed E-state index contributed by atoms with van der Waals surface area (Å²) in [5.74, 6) is 0. The van der Waals surface area contributed by atoms with Crippen molar-refractivity contribution < 1.29 is 9.84 Å². The summed E-state index contributed by atoms with van der Waals surface area (Å²) in [7, 11) is 1.52. The highest BCUT2D eigenvalue weighted by atomic mass is 16.5. The molecule has 0 aliphatic heterocycles. The van der Waals surface area contributed by atoms with Crippen molar-refractivity contribution in [1.29, 1.82) is 0 Å². The highest BCUT2D eigenvalue weighted by molar-refractivity contribution is 4.63. The normalized spacial score (nSPS) is 18.0. The molecule has 0 radical (unpaired) electrons. The number of hydrogen-bond donors (Lipinski definition) is 2. The van der Waals surface area contributed by atoms with Gasteiger partial charge in [-0.05, 0) is 6.92 Å². The van der Waals surface area contributed by atoms with E-state index in [9.17, 15) is 0 Å². The lowest BCUT2D eigenvalue weighted by molar-refractivity contribution is -0.00747. The van der Waals surface area contributed by atoms with Crippen molar-refractivity contribution in [2.75, 3.05) is 13.7 Å². The topological polar surface area (TPSA) is 55.5 Å². The molecule has 0 amide bonds. The van der Waals surface area contributed by atoms with Crippen LogP contribution in [-0.4, -0.2) is 24.5 Å². The second-order valence-corrected chi connectivity index (χ2v) is 1.99. The summed E-state index contributed by atoms with van der Waals surface area (Å²) in [4.78, 5) is 0. The van der Waals surface area contributed by atoms with Crippen molar-refractivity contribution in [1.82, 2.24) is 0 Å². The summed E-state index contributed by atoms with van der Waals surface area (Å²) >= 11 is 0. The van der Waals surface area contributed by atoms with Gasteiger partial charge in [0.1, 0.15) is 5.72 Å². The van der Waals surface area contributed by atoms with E-state index in [0.717, 1.165) is 0 Å². The van der Waals surface area contributed by atoms with Crippen molar-refractivity contribution in [3.63, 3.8) is 0 Å². The van der Waals surface area contributed by atoms with E-state index in [2.05, 4.69) is 0 Å². The SMILES string of the molecule is COC(C)(N)CCO. The van der Waals surface area contributed by atoms with Crippen molar-refractivity contribution in [2.24, 2.45) is 5.73 Å². The summed E-state index contributed by atoms with van der Waals surface area (Å²) in [6.45, 7) is 1.80. The third kappa shape index (κ3) is 2.96. The first-order chi connectivity index (χ1) is 3.62. The van der Waals surface area contributed by atoms with Gasteiger partial charge in [-0.25, -0.2) is 0 Å². The number of aliphatic hydroxyl groups is 1. The molecule has 0 aliphatic carbocycles. The van der Waals surface area contributed by atoms with E-state index in [-0.39, 0.29) is 6.61 Å². The molecule has 50 valence electrons. The number of aliphatic hydroxyl groups excluding tert-OH is 1. The van der Waals surface area contributed by atoms with Crippen molar-refractivity contribution >= 4 is 0 Å². The standard InChI is InChI=1S/C5H13NO2/c1-5(6,8-2)3-4-7/h7H,3-4,6H2,1-2H3. The molecule has 0 aromatic carbocycles. The zero-order chi connectivity index (χ0) is 6.62. The molecule has 0 rings (SSSR count). The summed E-state index contributed by atoms with van der Waals surface area (Å²) in [6, 6.07) is 0. The van der Waals surface area contributed by atoms with Gasteiger partial charge >= 0.3 is 0 Å². The lowest BCUT2D eigenvalue weighted by Crippen LogP contribution is -2.38. The van der Waals surface area contributed by atoms with Gasteiger partial charge in [-0.15, -0.1) is 0 Å². The molecule has 3 N–H and O–H groups in total. The first kappa shape index (κ1) is 7.88. The fraction of sp³-hybridized carbons (Fsp3) is 1.00. The van der Waals surface area contributed by atoms with Gasteiger partial charge in [0.2, 0.25) is 0 Å². The number of nitrogens with two attached hydrogens (primary N) is 1. The molecule has 8 heavy (non-hydrogen) atoms. The Hall–Kier alpha value is -0.120. The minimum atomic E-state index is -0.658. The van der Waals surface area contributed by atoms with Crippen LogP contribution in [0.3, 0.4) is 0 Å². The fourth-order valence-corrected chi connectivity index (χ4v) is 0.324. The van der Waals surface area contributed by atoms with Crippen molar-refractivity contribution in [3.8, 4) is 0 Å². The molecule has 0 saturated heterocycles. The lowest BCUT2D eigenvalue weighted by atomic mass is 10.2. The maximum Gasteiger partial charge on any atom is 0.115 e. The Bertz CT molecular complexity index is 63.4. The van der Waals surface area contributed by atoms with E-state index in [1.165, 1.54) is 7.11 Å². The summed E-state index contributed by atoms with van der Waals surface area (Å²) in [5.41, 5.74) is 4.79. The molecule has 0 bridgehead atoms. The van der Waals surface area contributed by atoms with Crippen molar-refractivity contribution in [2.45, 2.75) is 19.1 Å². The molecular weight excluding hydrogens is 106 g/mol. The quantitative estimate of drug-likeness (QED) is 0.501. The van der Waals surface area contributed by atoms with E-state index < -0.39 is 5.72 Å². The van der Waals surface area contributed by atoms with Crippen molar-refractivity contribution in [3.05, 3.63) is 0 Å². The van der Waals surface area contributed by atoms with Crippen LogP contribution in [0, 0.1) is 0 Å². The van der Waals surface area contributed by atoms with Gasteiger partial charge < -0.3 is 15.6 Å². The number of rotatable bonds is 3. The number of methoxy groups -OCH3 is 1. The molecule has 3 heteroatoms. The Labute approximate surface area is 49.4 Å². The van der Waals surface area contributed by atoms with Gasteiger partial charge in [0.25, 0.3) is 0 Å². The Morgan fingerprint density at radius 2 is 2.25 bits per heavy atom. The lowest BCUT2D eigenvalue weighted by Gasteiger charge is -2.20. The van der Waals surface area contributed by atoms with E-state index in [1.807, 2.05) is 0 Å². The summed E-state index contributed by atoms with van der Waals surface area (Å²) in [6.07, 6.45) is 0.476. The second-order valence-electron chi connectivity index (χ2n) is 1.99. The van der Waals surface area contributed by atoms with E-state index in [1.54, 1.807) is 6.92 Å². The zero-order valence-electron chi connectivity index (χ0n) is 5.35. The van der Waals surface area contributed by atoms with Gasteiger partial charge in [-0.2, -0.15) is 0 Å². The molecule has 1 atom stereocenters. The smallest absolute Gasteiger partial charge is 0.115 e. The van der Waals surface area contributed by atoms with Gasteiger partial charge in [-0.3, -0.25) is 0 Å². The summed E-state index contributed by atoms with van der Waals surface area (Å²) < 4.78 is 4.80. The molecule has 0 fully saturated rings. The first-order valence-corrected chi connectivity index (χ1v) is 2.57. The molecule has 1 unspecified atom stereocenters. The van der Waals surface area contributed by atoms with E-state index >= 15 is 0 Å². The van der Waals surface area contributed by atoms with E-state index in [0.29, 0.717) is 6.42 Å². The minimum Gasteiger partial charge on any atom is -0.396 e. The summed E-state index contributed by atoms with van der Waals surface area (Å²) in [5, 5.41) is 8.37. The second kappa shape index (κ2) is 3.02. The number of ether oxygens (including phenoxy) is 1. The molecule has 0 spiro atoms. The van der Waals surface area contributed by atoms with Crippen LogP contribution in [0.4, 0.5) is 0 Å². The van der Waals surface area contributed by atoms with Crippen LogP contribution in [-0.2, 0) is 4.74 Å². The van der Waals surface area contributed by atoms with Crippen LogP contribution in [0.25, 0.3) is 0 Å². The van der Waals surface area contributed by atoms with Gasteiger partial charge in [0.05, 0.1) is 0 Å². The van der Waals surface area contributed by atoms with Crippen LogP contribution in [0.1, 0.15) is 13.3 Å². The fourth-order valence-electron chi connectivity index (χ4n) is 0.324. The maximum atomic E-state index is 8.37. The zero-order valence-corrected chi connectivity index (χ0v) is 5.35. The number of hydrogen-bond acceptors (Lipinski definition) is 3. The maximum absolute atomic E-state index is 8.37. The van der Waals surface area contributed by atoms with Crippen LogP contribution in [0.2, 0.25) is 0 Å². The first-order valence-electron chi connectivity index (χ1n) is 2.57. The molecule has 0 aromatic rings. The van der Waals surface area contributed by atoms with Crippen LogP contribution in [0.15, 0.2) is 0 Å². The third-order valence-electron chi connectivity index (χ3n) is 1.07. The Kier molecular flexibility index (Phi) is 2.97. The van der Waals surface area contributed by atoms with Crippen LogP contribution in [0.5, 0.6) is 0 Å². The third-order valence-corrected chi connectivity index (χ3v) is 1.07. The Balaban J connectivity index is 3.37. The highest BCUT2D eigenvalue weighted by Crippen LogP contribution is 2.03. The van der Waals surface area contributed by atoms with Crippen LogP contribution >= 0.6 is 0 Å². The predicted molar refractivity (Wildman–Crippen MR) is 31.3 cm³/mol. The van der Waals surface area contributed by atoms with Gasteiger partial charge in [0, 0.05) is 20.1 Å². The highest BCUT2D eigenvalue weighted by Gasteiger charge is 2.14. The van der Waals surface area contributed by atoms with Gasteiger partial charge in [-0.1, -0.05) is 0 Å². The largest absolute Gasteiger partial charge is 0.396 e. The molecule has 0 saturated carbocycles. The van der Waals surface area contributed by atoms with Gasteiger partial charge in [0.15, 0.2) is 0 Å². The molecule has 0 aliphatic rings. The Morgan fingerprint density at radius 3 is 2.38 bits per heavy atom. The molecular formula is C5H13NO2. The predicted octanol–water partition coefficient (Wildman–Crippen LogP) is -0.310. The average molecular weight is 119 g/mol. The van der Waals surface area contributed by atoms with E-state index in [4.69, 9.17) is 15.6 Å². The molecule has 3 nitrogen and oxygen atoms in total.